The third-order valence-electron chi connectivity index (χ3n) is 0.730. The van der Waals surface area contributed by atoms with Gasteiger partial charge in [-0.3, -0.25) is 4.99 Å². The third-order valence-corrected chi connectivity index (χ3v) is 0.730. The van der Waals surface area contributed by atoms with Crippen LogP contribution in [0.4, 0.5) is 0 Å². The fourth-order valence-corrected chi connectivity index (χ4v) is 0.530. The van der Waals surface area contributed by atoms with Crippen LogP contribution >= 0.6 is 0 Å². The molecule has 0 saturated heterocycles. The lowest BCUT2D eigenvalue weighted by Crippen LogP contribution is -1.94. The van der Waals surface area contributed by atoms with Crippen molar-refractivity contribution < 1.29 is 4.79 Å². The van der Waals surface area contributed by atoms with Gasteiger partial charge >= 0.3 is 0 Å². The Morgan fingerprint density at radius 2 is 2.22 bits per heavy atom. The van der Waals surface area contributed by atoms with E-state index >= 15 is 0 Å². The van der Waals surface area contributed by atoms with Crippen molar-refractivity contribution in [2.75, 3.05) is 0 Å². The number of hydrogen-bond donors (Lipinski definition) is 0. The zero-order valence-corrected chi connectivity index (χ0v) is 6.01. The van der Waals surface area contributed by atoms with Crippen LogP contribution in [0.15, 0.2) is 11.1 Å². The molecule has 0 spiro atoms. The van der Waals surface area contributed by atoms with Crippen LogP contribution in [0.5, 0.6) is 0 Å². The van der Waals surface area contributed by atoms with Crippen molar-refractivity contribution in [3.05, 3.63) is 6.08 Å². The van der Waals surface area contributed by atoms with Gasteiger partial charge in [0.05, 0.1) is 0 Å². The number of carbonyl (C=O) groups excluding carboxylic acids is 1. The van der Waals surface area contributed by atoms with Gasteiger partial charge in [0.1, 0.15) is 5.94 Å². The molecule has 0 fully saturated rings. The van der Waals surface area contributed by atoms with Crippen LogP contribution in [0.3, 0.4) is 0 Å². The first-order chi connectivity index (χ1) is 4.16. The summed E-state index contributed by atoms with van der Waals surface area (Å²) in [5, 5.41) is 0. The van der Waals surface area contributed by atoms with Gasteiger partial charge in [-0.05, 0) is 20.8 Å². The van der Waals surface area contributed by atoms with E-state index in [-0.39, 0.29) is 6.04 Å². The first-order valence-corrected chi connectivity index (χ1v) is 2.92. The molecule has 0 radical (unpaired) electrons. The average Bonchev–Trinajstić information content (AvgIpc) is 1.63. The van der Waals surface area contributed by atoms with Crippen molar-refractivity contribution >= 4 is 11.7 Å². The number of aliphatic imine (C=N–C) groups is 1. The quantitative estimate of drug-likeness (QED) is 0.403. The van der Waals surface area contributed by atoms with Crippen molar-refractivity contribution in [3.63, 3.8) is 0 Å². The fourth-order valence-electron chi connectivity index (χ4n) is 0.530. The van der Waals surface area contributed by atoms with E-state index < -0.39 is 0 Å². The summed E-state index contributed by atoms with van der Waals surface area (Å²) in [6.07, 6.45) is 1.33. The van der Waals surface area contributed by atoms with Gasteiger partial charge in [0.25, 0.3) is 0 Å². The molecule has 50 valence electrons. The van der Waals surface area contributed by atoms with Crippen LogP contribution < -0.4 is 0 Å². The van der Waals surface area contributed by atoms with Gasteiger partial charge in [-0.1, -0.05) is 0 Å². The van der Waals surface area contributed by atoms with Crippen LogP contribution in [-0.2, 0) is 4.79 Å². The standard InChI is InChI=1S/C7H11NO/c1-6(2)8-7(3)4-5-9/h4,6H,1-3H3. The van der Waals surface area contributed by atoms with Gasteiger partial charge in [-0.2, -0.15) is 0 Å². The van der Waals surface area contributed by atoms with E-state index in [4.69, 9.17) is 0 Å². The van der Waals surface area contributed by atoms with Crippen molar-refractivity contribution in [1.82, 2.24) is 0 Å². The molecule has 0 amide bonds. The Kier molecular flexibility index (Phi) is 3.65. The second kappa shape index (κ2) is 4.04. The van der Waals surface area contributed by atoms with Crippen LogP contribution in [0.25, 0.3) is 0 Å². The van der Waals surface area contributed by atoms with Gasteiger partial charge in [-0.25, -0.2) is 4.79 Å². The zero-order chi connectivity index (χ0) is 7.28. The summed E-state index contributed by atoms with van der Waals surface area (Å²) >= 11 is 0. The summed E-state index contributed by atoms with van der Waals surface area (Å²) in [5.74, 6) is 1.67. The lowest BCUT2D eigenvalue weighted by Gasteiger charge is -1.94. The van der Waals surface area contributed by atoms with E-state index in [0.717, 1.165) is 5.71 Å². The Balaban J connectivity index is 3.99. The molecule has 0 bridgehead atoms. The van der Waals surface area contributed by atoms with Gasteiger partial charge in [0, 0.05) is 17.8 Å². The predicted molar refractivity (Wildman–Crippen MR) is 38.5 cm³/mol. The maximum Gasteiger partial charge on any atom is 0.126 e. The summed E-state index contributed by atoms with van der Waals surface area (Å²) in [4.78, 5) is 13.8. The molecule has 0 rings (SSSR count). The Labute approximate surface area is 55.3 Å². The molecule has 0 aliphatic heterocycles. The summed E-state index contributed by atoms with van der Waals surface area (Å²) in [7, 11) is 0. The smallest absolute Gasteiger partial charge is 0.126 e. The molecular formula is C7H11NO. The zero-order valence-electron chi connectivity index (χ0n) is 6.01. The highest BCUT2D eigenvalue weighted by molar-refractivity contribution is 5.98. The Hall–Kier alpha value is -0.880. The highest BCUT2D eigenvalue weighted by atomic mass is 16.1. The summed E-state index contributed by atoms with van der Waals surface area (Å²) < 4.78 is 0. The van der Waals surface area contributed by atoms with Gasteiger partial charge < -0.3 is 0 Å². The predicted octanol–water partition coefficient (Wildman–Crippen LogP) is 1.24. The molecule has 0 aliphatic carbocycles. The van der Waals surface area contributed by atoms with E-state index in [0.29, 0.717) is 0 Å². The van der Waals surface area contributed by atoms with Crippen molar-refractivity contribution in [2.45, 2.75) is 26.8 Å². The fraction of sp³-hybridized carbons (Fsp3) is 0.571. The van der Waals surface area contributed by atoms with E-state index in [1.54, 1.807) is 12.9 Å². The minimum Gasteiger partial charge on any atom is -0.287 e. The van der Waals surface area contributed by atoms with Crippen LogP contribution in [0.1, 0.15) is 20.8 Å². The van der Waals surface area contributed by atoms with E-state index in [9.17, 15) is 4.79 Å². The molecule has 2 heteroatoms. The summed E-state index contributed by atoms with van der Waals surface area (Å²) in [5.41, 5.74) is 0.736. The second-order valence-corrected chi connectivity index (χ2v) is 2.13. The van der Waals surface area contributed by atoms with E-state index in [2.05, 4.69) is 4.99 Å². The van der Waals surface area contributed by atoms with Crippen molar-refractivity contribution in [1.29, 1.82) is 0 Å². The molecule has 0 N–H and O–H groups in total. The largest absolute Gasteiger partial charge is 0.287 e. The normalized spacial score (nSPS) is 11.3. The molecule has 2 nitrogen and oxygen atoms in total. The monoisotopic (exact) mass is 125 g/mol. The number of hydrogen-bond acceptors (Lipinski definition) is 2. The lowest BCUT2D eigenvalue weighted by atomic mass is 10.3. The Morgan fingerprint density at radius 1 is 1.67 bits per heavy atom. The minimum atomic E-state index is 0.259. The SMILES string of the molecule is CC(C=C=O)=NC(C)C. The molecule has 0 saturated carbocycles. The first-order valence-electron chi connectivity index (χ1n) is 2.92. The van der Waals surface area contributed by atoms with Gasteiger partial charge in [-0.15, -0.1) is 0 Å². The Bertz CT molecular complexity index is 152. The molecule has 0 atom stereocenters. The molecule has 0 unspecified atom stereocenters. The molecule has 0 heterocycles. The highest BCUT2D eigenvalue weighted by Crippen LogP contribution is 1.87. The van der Waals surface area contributed by atoms with Gasteiger partial charge in [0.15, 0.2) is 0 Å². The van der Waals surface area contributed by atoms with Gasteiger partial charge in [0.2, 0.25) is 0 Å². The second-order valence-electron chi connectivity index (χ2n) is 2.13. The Morgan fingerprint density at radius 3 is 2.56 bits per heavy atom. The lowest BCUT2D eigenvalue weighted by molar-refractivity contribution is 0.569. The maximum atomic E-state index is 9.74. The molecule has 0 aromatic carbocycles. The molecule has 9 heavy (non-hydrogen) atoms. The molecule has 0 aliphatic rings. The molecular weight excluding hydrogens is 114 g/mol. The number of rotatable bonds is 2. The van der Waals surface area contributed by atoms with Crippen molar-refractivity contribution in [3.8, 4) is 0 Å². The van der Waals surface area contributed by atoms with E-state index in [1.165, 1.54) is 6.08 Å². The highest BCUT2D eigenvalue weighted by Gasteiger charge is 1.86. The number of allylic oxidation sites excluding steroid dienone is 1. The molecule has 0 aromatic rings. The summed E-state index contributed by atoms with van der Waals surface area (Å²) in [6.45, 7) is 5.70. The first kappa shape index (κ1) is 8.12. The maximum absolute atomic E-state index is 9.74. The topological polar surface area (TPSA) is 29.4 Å². The average molecular weight is 125 g/mol. The molecule has 0 aromatic heterocycles. The van der Waals surface area contributed by atoms with Crippen molar-refractivity contribution in [2.24, 2.45) is 4.99 Å². The summed E-state index contributed by atoms with van der Waals surface area (Å²) in [6, 6.07) is 0.259. The minimum absolute atomic E-state index is 0.259. The van der Waals surface area contributed by atoms with Crippen LogP contribution in [0, 0.1) is 0 Å². The van der Waals surface area contributed by atoms with Crippen LogP contribution in [-0.4, -0.2) is 17.7 Å². The van der Waals surface area contributed by atoms with E-state index in [1.807, 2.05) is 13.8 Å². The number of nitrogens with zero attached hydrogens (tertiary/aromatic N) is 1. The third kappa shape index (κ3) is 4.98. The van der Waals surface area contributed by atoms with Crippen LogP contribution in [0.2, 0.25) is 0 Å².